The lowest BCUT2D eigenvalue weighted by Gasteiger charge is -2.44. The third-order valence-electron chi connectivity index (χ3n) is 6.94. The number of ketones is 2. The molecule has 3 unspecified atom stereocenters. The van der Waals surface area contributed by atoms with Crippen LogP contribution in [0.15, 0.2) is 0 Å². The van der Waals surface area contributed by atoms with E-state index in [1.54, 1.807) is 46.4 Å². The van der Waals surface area contributed by atoms with E-state index in [2.05, 4.69) is 10.6 Å². The fourth-order valence-corrected chi connectivity index (χ4v) is 5.23. The third kappa shape index (κ3) is 9.01. The van der Waals surface area contributed by atoms with E-state index in [1.807, 2.05) is 27.7 Å². The lowest BCUT2D eigenvalue weighted by molar-refractivity contribution is -0.163. The zero-order chi connectivity index (χ0) is 29.9. The van der Waals surface area contributed by atoms with Gasteiger partial charge >= 0.3 is 12.1 Å². The van der Waals surface area contributed by atoms with Crippen molar-refractivity contribution in [3.8, 4) is 0 Å². The summed E-state index contributed by atoms with van der Waals surface area (Å²) >= 11 is 0. The summed E-state index contributed by atoms with van der Waals surface area (Å²) in [7, 11) is 0. The lowest BCUT2D eigenvalue weighted by Crippen LogP contribution is -2.64. The van der Waals surface area contributed by atoms with Crippen LogP contribution < -0.4 is 10.6 Å². The number of fused-ring (bicyclic) bond motifs is 2. The van der Waals surface area contributed by atoms with Gasteiger partial charge in [0.05, 0.1) is 6.04 Å². The first-order valence-electron chi connectivity index (χ1n) is 14.1. The molecule has 0 spiro atoms. The van der Waals surface area contributed by atoms with E-state index in [-0.39, 0.29) is 30.2 Å². The Hall–Kier alpha value is -2.49. The molecule has 0 aromatic carbocycles. The van der Waals surface area contributed by atoms with Crippen LogP contribution in [-0.2, 0) is 28.7 Å². The van der Waals surface area contributed by atoms with E-state index in [4.69, 9.17) is 9.47 Å². The summed E-state index contributed by atoms with van der Waals surface area (Å²) in [4.78, 5) is 67.3. The molecule has 1 aliphatic heterocycles. The van der Waals surface area contributed by atoms with Gasteiger partial charge in [0.25, 0.3) is 5.78 Å². The predicted octanol–water partition coefficient (Wildman–Crippen LogP) is 3.54. The quantitative estimate of drug-likeness (QED) is 0.329. The van der Waals surface area contributed by atoms with Crippen LogP contribution in [0.25, 0.3) is 0 Å². The highest BCUT2D eigenvalue weighted by Gasteiger charge is 2.51. The highest BCUT2D eigenvalue weighted by molar-refractivity contribution is 6.35. The summed E-state index contributed by atoms with van der Waals surface area (Å²) in [5.74, 6) is -2.19. The molecule has 2 aliphatic rings. The number of carbonyl (C=O) groups excluding carboxylic acids is 5. The molecule has 222 valence electrons. The Morgan fingerprint density at radius 2 is 1.54 bits per heavy atom. The molecule has 2 bridgehead atoms. The van der Waals surface area contributed by atoms with Crippen molar-refractivity contribution in [2.75, 3.05) is 6.54 Å². The second-order valence-electron chi connectivity index (χ2n) is 13.9. The van der Waals surface area contributed by atoms with Crippen molar-refractivity contribution in [3.63, 3.8) is 0 Å². The van der Waals surface area contributed by atoms with Gasteiger partial charge in [-0.3, -0.25) is 14.4 Å². The van der Waals surface area contributed by atoms with E-state index in [9.17, 15) is 24.0 Å². The Morgan fingerprint density at radius 1 is 0.949 bits per heavy atom. The normalized spacial score (nSPS) is 23.2. The number of Topliss-reactive ketones (excluding diaryl/α,β-unsaturated/α-hetero) is 2. The molecular formula is C29H49N3O7. The summed E-state index contributed by atoms with van der Waals surface area (Å²) in [6.45, 7) is 17.8. The fourth-order valence-electron chi connectivity index (χ4n) is 5.23. The van der Waals surface area contributed by atoms with Gasteiger partial charge in [-0.15, -0.1) is 0 Å². The van der Waals surface area contributed by atoms with Crippen molar-refractivity contribution >= 4 is 29.5 Å². The Labute approximate surface area is 233 Å². The van der Waals surface area contributed by atoms with E-state index in [1.165, 1.54) is 0 Å². The van der Waals surface area contributed by atoms with Crippen molar-refractivity contribution in [2.45, 2.75) is 137 Å². The highest BCUT2D eigenvalue weighted by atomic mass is 16.6. The molecule has 10 heteroatoms. The fraction of sp³-hybridized carbons (Fsp3) is 0.828. The summed E-state index contributed by atoms with van der Waals surface area (Å²) < 4.78 is 10.7. The minimum Gasteiger partial charge on any atom is -0.454 e. The van der Waals surface area contributed by atoms with E-state index in [0.717, 1.165) is 0 Å². The van der Waals surface area contributed by atoms with Gasteiger partial charge in [-0.05, 0) is 72.6 Å². The van der Waals surface area contributed by atoms with Gasteiger partial charge in [0.2, 0.25) is 5.91 Å². The number of hydrogen-bond acceptors (Lipinski definition) is 8. The van der Waals surface area contributed by atoms with Crippen molar-refractivity contribution in [3.05, 3.63) is 0 Å². The maximum Gasteiger partial charge on any atom is 0.408 e. The topological polar surface area (TPSA) is 131 Å². The highest BCUT2D eigenvalue weighted by Crippen LogP contribution is 2.39. The van der Waals surface area contributed by atoms with Crippen LogP contribution in [0.5, 0.6) is 0 Å². The summed E-state index contributed by atoms with van der Waals surface area (Å²) in [6, 6.07) is -2.74. The van der Waals surface area contributed by atoms with E-state index >= 15 is 0 Å². The number of hydrogen-bond donors (Lipinski definition) is 2. The molecule has 2 amide bonds. The summed E-state index contributed by atoms with van der Waals surface area (Å²) in [5.41, 5.74) is -2.22. The maximum absolute atomic E-state index is 14.1. The monoisotopic (exact) mass is 551 g/mol. The molecule has 39 heavy (non-hydrogen) atoms. The van der Waals surface area contributed by atoms with Crippen molar-refractivity contribution in [1.82, 2.24) is 15.5 Å². The average Bonchev–Trinajstić information content (AvgIpc) is 3.19. The van der Waals surface area contributed by atoms with Gasteiger partial charge in [0.1, 0.15) is 23.3 Å². The Kier molecular flexibility index (Phi) is 10.4. The Bertz CT molecular complexity index is 942. The molecule has 1 aliphatic carbocycles. The van der Waals surface area contributed by atoms with Crippen LogP contribution in [0.3, 0.4) is 0 Å². The lowest BCUT2D eigenvalue weighted by atomic mass is 9.83. The number of likely N-dealkylation sites (tertiary alicyclic amines) is 1. The summed E-state index contributed by atoms with van der Waals surface area (Å²) in [6.07, 6.45) is 2.27. The maximum atomic E-state index is 14.1. The molecule has 1 saturated heterocycles. The van der Waals surface area contributed by atoms with Gasteiger partial charge in [0, 0.05) is 18.5 Å². The molecule has 2 rings (SSSR count). The number of nitrogens with one attached hydrogen (secondary N) is 2. The van der Waals surface area contributed by atoms with E-state index < -0.39 is 52.6 Å². The first-order valence-corrected chi connectivity index (χ1v) is 14.1. The second-order valence-corrected chi connectivity index (χ2v) is 13.9. The molecule has 10 nitrogen and oxygen atoms in total. The zero-order valence-corrected chi connectivity index (χ0v) is 25.4. The van der Waals surface area contributed by atoms with Crippen LogP contribution in [0, 0.1) is 11.3 Å². The van der Waals surface area contributed by atoms with E-state index in [0.29, 0.717) is 32.1 Å². The second kappa shape index (κ2) is 12.4. The SMILES string of the molecule is CCC[C@@H](NCC1C(=O)C2CCC(C2)N1C(=O)[C@H](NC(=O)OC(C)(C)C)C(C)(C)C)C(=O)C(=O)OC(C)(C)C. The molecule has 0 aromatic heterocycles. The van der Waals surface area contributed by atoms with Gasteiger partial charge in [0.15, 0.2) is 5.78 Å². The van der Waals surface area contributed by atoms with Crippen LogP contribution in [0.4, 0.5) is 4.79 Å². The zero-order valence-electron chi connectivity index (χ0n) is 25.4. The number of ether oxygens (including phenoxy) is 2. The van der Waals surface area contributed by atoms with Crippen molar-refractivity contribution in [2.24, 2.45) is 11.3 Å². The average molecular weight is 552 g/mol. The van der Waals surface area contributed by atoms with Gasteiger partial charge in [-0.25, -0.2) is 9.59 Å². The number of nitrogens with zero attached hydrogens (tertiary/aromatic N) is 1. The van der Waals surface area contributed by atoms with Gasteiger partial charge in [-0.2, -0.15) is 0 Å². The number of esters is 1. The molecule has 1 saturated carbocycles. The van der Waals surface area contributed by atoms with Crippen LogP contribution >= 0.6 is 0 Å². The number of rotatable bonds is 9. The molecule has 1 heterocycles. The first-order chi connectivity index (χ1) is 17.7. The largest absolute Gasteiger partial charge is 0.454 e. The molecule has 0 aromatic rings. The van der Waals surface area contributed by atoms with Crippen LogP contribution in [0.2, 0.25) is 0 Å². The molecule has 2 N–H and O–H groups in total. The number of amides is 2. The minimum absolute atomic E-state index is 0.0279. The molecular weight excluding hydrogens is 502 g/mol. The smallest absolute Gasteiger partial charge is 0.408 e. The van der Waals surface area contributed by atoms with Gasteiger partial charge < -0.3 is 25.0 Å². The van der Waals surface area contributed by atoms with Crippen LogP contribution in [-0.4, -0.2) is 76.4 Å². The first kappa shape index (κ1) is 32.7. The Morgan fingerprint density at radius 3 is 2.05 bits per heavy atom. The predicted molar refractivity (Wildman–Crippen MR) is 147 cm³/mol. The molecule has 2 fully saturated rings. The number of alkyl carbamates (subject to hydrolysis) is 1. The number of piperidine rings is 1. The van der Waals surface area contributed by atoms with Crippen LogP contribution in [0.1, 0.15) is 101 Å². The third-order valence-corrected chi connectivity index (χ3v) is 6.94. The van der Waals surface area contributed by atoms with Crippen molar-refractivity contribution in [1.29, 1.82) is 0 Å². The Balaban J connectivity index is 2.31. The minimum atomic E-state index is -0.936. The van der Waals surface area contributed by atoms with Crippen molar-refractivity contribution < 1.29 is 33.4 Å². The molecule has 0 radical (unpaired) electrons. The van der Waals surface area contributed by atoms with Gasteiger partial charge in [-0.1, -0.05) is 34.1 Å². The standard InChI is InChI=1S/C29H49N3O7/c1-11-12-19(22(34)25(36)38-28(5,6)7)30-16-20-21(33)17-13-14-18(15-17)32(20)24(35)23(27(2,3)4)31-26(37)39-29(8,9)10/h17-20,23,30H,11-16H2,1-10H3,(H,31,37)/t17?,18?,19-,20?,23+/m1/s1. The molecule has 5 atom stereocenters. The number of carbonyl (C=O) groups is 5. The summed E-state index contributed by atoms with van der Waals surface area (Å²) in [5, 5.41) is 5.86.